The van der Waals surface area contributed by atoms with Gasteiger partial charge in [0.25, 0.3) is 5.91 Å². The minimum absolute atomic E-state index is 0.191. The molecule has 0 saturated carbocycles. The van der Waals surface area contributed by atoms with Crippen LogP contribution in [0.4, 0.5) is 0 Å². The third-order valence-corrected chi connectivity index (χ3v) is 4.82. The van der Waals surface area contributed by atoms with E-state index in [-0.39, 0.29) is 5.91 Å². The Morgan fingerprint density at radius 1 is 1.14 bits per heavy atom. The standard InChI is InChI=1S/C20H17Cl2N3O3/c21-15-1-3-16(4-2-15)25-12-14(11-24-25)20(26)23-6-5-13-9-17(22)19-18(10-13)27-7-8-28-19/h1-4,9-12H,5-8H2,(H,23,26). The van der Waals surface area contributed by atoms with E-state index in [0.29, 0.717) is 53.3 Å². The quantitative estimate of drug-likeness (QED) is 0.682. The van der Waals surface area contributed by atoms with Gasteiger partial charge in [-0.05, 0) is 48.4 Å². The molecular formula is C20H17Cl2N3O3. The lowest BCUT2D eigenvalue weighted by molar-refractivity contribution is 0.0954. The smallest absolute Gasteiger partial charge is 0.254 e. The maximum atomic E-state index is 12.4. The molecule has 28 heavy (non-hydrogen) atoms. The lowest BCUT2D eigenvalue weighted by Crippen LogP contribution is -2.25. The normalized spacial score (nSPS) is 12.6. The molecule has 8 heteroatoms. The van der Waals surface area contributed by atoms with Gasteiger partial charge in [-0.15, -0.1) is 0 Å². The number of hydrogen-bond donors (Lipinski definition) is 1. The molecule has 0 aliphatic carbocycles. The molecule has 3 aromatic rings. The summed E-state index contributed by atoms with van der Waals surface area (Å²) in [5.41, 5.74) is 2.27. The molecule has 1 aromatic heterocycles. The summed E-state index contributed by atoms with van der Waals surface area (Å²) in [7, 11) is 0. The van der Waals surface area contributed by atoms with Gasteiger partial charge in [0.2, 0.25) is 0 Å². The number of carbonyl (C=O) groups excluding carboxylic acids is 1. The number of carbonyl (C=O) groups is 1. The summed E-state index contributed by atoms with van der Waals surface area (Å²) >= 11 is 12.1. The number of aromatic nitrogens is 2. The number of nitrogens with zero attached hydrogens (tertiary/aromatic N) is 2. The number of hydrogen-bond acceptors (Lipinski definition) is 4. The molecule has 1 aliphatic heterocycles. The maximum absolute atomic E-state index is 12.4. The lowest BCUT2D eigenvalue weighted by Gasteiger charge is -2.20. The van der Waals surface area contributed by atoms with E-state index in [0.717, 1.165) is 11.3 Å². The zero-order valence-corrected chi connectivity index (χ0v) is 16.3. The van der Waals surface area contributed by atoms with Crippen molar-refractivity contribution >= 4 is 29.1 Å². The summed E-state index contributed by atoms with van der Waals surface area (Å²) in [5, 5.41) is 8.28. The number of halogens is 2. The molecule has 4 rings (SSSR count). The van der Waals surface area contributed by atoms with E-state index in [2.05, 4.69) is 10.4 Å². The van der Waals surface area contributed by atoms with Crippen LogP contribution in [0.2, 0.25) is 10.0 Å². The Morgan fingerprint density at radius 3 is 2.75 bits per heavy atom. The van der Waals surface area contributed by atoms with Gasteiger partial charge in [-0.2, -0.15) is 5.10 Å². The number of ether oxygens (including phenoxy) is 2. The molecule has 0 bridgehead atoms. The number of fused-ring (bicyclic) bond motifs is 1. The number of rotatable bonds is 5. The summed E-state index contributed by atoms with van der Waals surface area (Å²) in [6.45, 7) is 1.45. The van der Waals surface area contributed by atoms with Gasteiger partial charge in [0, 0.05) is 17.8 Å². The van der Waals surface area contributed by atoms with Gasteiger partial charge in [-0.25, -0.2) is 4.68 Å². The van der Waals surface area contributed by atoms with Crippen molar-refractivity contribution in [3.05, 3.63) is 70.0 Å². The van der Waals surface area contributed by atoms with Crippen molar-refractivity contribution in [3.8, 4) is 17.2 Å². The number of amides is 1. The third kappa shape index (κ3) is 4.08. The summed E-state index contributed by atoms with van der Waals surface area (Å²) in [6.07, 6.45) is 3.83. The lowest BCUT2D eigenvalue weighted by atomic mass is 10.1. The average molecular weight is 418 g/mol. The molecule has 1 amide bonds. The van der Waals surface area contributed by atoms with Gasteiger partial charge in [0.1, 0.15) is 13.2 Å². The minimum Gasteiger partial charge on any atom is -0.486 e. The van der Waals surface area contributed by atoms with Crippen LogP contribution in [0.25, 0.3) is 5.69 Å². The molecule has 0 atom stereocenters. The van der Waals surface area contributed by atoms with Gasteiger partial charge in [-0.3, -0.25) is 4.79 Å². The maximum Gasteiger partial charge on any atom is 0.254 e. The van der Waals surface area contributed by atoms with Crippen LogP contribution in [-0.4, -0.2) is 35.4 Å². The van der Waals surface area contributed by atoms with Gasteiger partial charge in [0.15, 0.2) is 11.5 Å². The summed E-state index contributed by atoms with van der Waals surface area (Å²) in [6, 6.07) is 10.9. The highest BCUT2D eigenvalue weighted by Crippen LogP contribution is 2.38. The van der Waals surface area contributed by atoms with Crippen LogP contribution < -0.4 is 14.8 Å². The first-order chi connectivity index (χ1) is 13.6. The predicted octanol–water partition coefficient (Wildman–Crippen LogP) is 3.92. The van der Waals surface area contributed by atoms with Crippen molar-refractivity contribution in [2.45, 2.75) is 6.42 Å². The highest BCUT2D eigenvalue weighted by atomic mass is 35.5. The Hall–Kier alpha value is -2.70. The first kappa shape index (κ1) is 18.7. The predicted molar refractivity (Wildman–Crippen MR) is 107 cm³/mol. The van der Waals surface area contributed by atoms with Crippen LogP contribution in [0, 0.1) is 0 Å². The minimum atomic E-state index is -0.191. The summed E-state index contributed by atoms with van der Waals surface area (Å²) in [5.74, 6) is 1.03. The number of nitrogens with one attached hydrogen (secondary N) is 1. The fraction of sp³-hybridized carbons (Fsp3) is 0.200. The van der Waals surface area contributed by atoms with Gasteiger partial charge < -0.3 is 14.8 Å². The van der Waals surface area contributed by atoms with Crippen LogP contribution >= 0.6 is 23.2 Å². The van der Waals surface area contributed by atoms with Crippen LogP contribution in [0.1, 0.15) is 15.9 Å². The van der Waals surface area contributed by atoms with Crippen molar-refractivity contribution < 1.29 is 14.3 Å². The van der Waals surface area contributed by atoms with Crippen molar-refractivity contribution in [3.63, 3.8) is 0 Å². The highest BCUT2D eigenvalue weighted by Gasteiger charge is 2.17. The fourth-order valence-corrected chi connectivity index (χ4v) is 3.32. The van der Waals surface area contributed by atoms with E-state index in [1.165, 1.54) is 6.20 Å². The van der Waals surface area contributed by atoms with Gasteiger partial charge >= 0.3 is 0 Å². The first-order valence-corrected chi connectivity index (χ1v) is 9.52. The molecule has 0 fully saturated rings. The second kappa shape index (κ2) is 8.12. The Bertz CT molecular complexity index is 1000. The van der Waals surface area contributed by atoms with E-state index in [1.54, 1.807) is 23.0 Å². The van der Waals surface area contributed by atoms with Crippen LogP contribution in [0.15, 0.2) is 48.8 Å². The topological polar surface area (TPSA) is 65.4 Å². The Morgan fingerprint density at radius 2 is 1.93 bits per heavy atom. The van der Waals surface area contributed by atoms with E-state index in [9.17, 15) is 4.79 Å². The third-order valence-electron chi connectivity index (χ3n) is 4.29. The van der Waals surface area contributed by atoms with Crippen molar-refractivity contribution in [1.82, 2.24) is 15.1 Å². The average Bonchev–Trinajstić information content (AvgIpc) is 3.19. The molecule has 0 unspecified atom stereocenters. The van der Waals surface area contributed by atoms with Crippen molar-refractivity contribution in [2.75, 3.05) is 19.8 Å². The van der Waals surface area contributed by atoms with E-state index < -0.39 is 0 Å². The SMILES string of the molecule is O=C(NCCc1cc(Cl)c2c(c1)OCCO2)c1cnn(-c2ccc(Cl)cc2)c1. The van der Waals surface area contributed by atoms with Crippen molar-refractivity contribution in [1.29, 1.82) is 0 Å². The van der Waals surface area contributed by atoms with Crippen molar-refractivity contribution in [2.24, 2.45) is 0 Å². The molecule has 6 nitrogen and oxygen atoms in total. The zero-order chi connectivity index (χ0) is 19.5. The fourth-order valence-electron chi connectivity index (χ4n) is 2.91. The second-order valence-corrected chi connectivity index (χ2v) is 7.10. The van der Waals surface area contributed by atoms with Gasteiger partial charge in [0.05, 0.1) is 22.5 Å². The molecule has 1 N–H and O–H groups in total. The summed E-state index contributed by atoms with van der Waals surface area (Å²) in [4.78, 5) is 12.4. The molecule has 0 saturated heterocycles. The van der Waals surface area contributed by atoms with Crippen LogP contribution in [0.5, 0.6) is 11.5 Å². The monoisotopic (exact) mass is 417 g/mol. The van der Waals surface area contributed by atoms with Gasteiger partial charge in [-0.1, -0.05) is 23.2 Å². The Labute approximate surface area is 172 Å². The van der Waals surface area contributed by atoms with E-state index in [4.69, 9.17) is 32.7 Å². The molecule has 2 heterocycles. The van der Waals surface area contributed by atoms with Crippen LogP contribution in [0.3, 0.4) is 0 Å². The molecule has 0 spiro atoms. The highest BCUT2D eigenvalue weighted by molar-refractivity contribution is 6.32. The summed E-state index contributed by atoms with van der Waals surface area (Å²) < 4.78 is 12.7. The molecule has 144 valence electrons. The number of benzene rings is 2. The Kier molecular flexibility index (Phi) is 5.41. The largest absolute Gasteiger partial charge is 0.486 e. The molecule has 0 radical (unpaired) electrons. The molecule has 2 aromatic carbocycles. The first-order valence-electron chi connectivity index (χ1n) is 8.77. The van der Waals surface area contributed by atoms with E-state index >= 15 is 0 Å². The zero-order valence-electron chi connectivity index (χ0n) is 14.8. The second-order valence-electron chi connectivity index (χ2n) is 6.26. The van der Waals surface area contributed by atoms with E-state index in [1.807, 2.05) is 24.3 Å². The Balaban J connectivity index is 1.36. The molecular weight excluding hydrogens is 401 g/mol. The van der Waals surface area contributed by atoms with Crippen LogP contribution in [-0.2, 0) is 6.42 Å². The molecule has 1 aliphatic rings.